The predicted octanol–water partition coefficient (Wildman–Crippen LogP) is 4.68. The van der Waals surface area contributed by atoms with Gasteiger partial charge in [-0.05, 0) is 23.8 Å². The summed E-state index contributed by atoms with van der Waals surface area (Å²) in [7, 11) is 0. The average molecular weight is 270 g/mol. The molecule has 2 rings (SSSR count). The first-order chi connectivity index (χ1) is 7.75. The van der Waals surface area contributed by atoms with E-state index in [2.05, 4.69) is 17.1 Å². The minimum absolute atomic E-state index is 0.429. The number of hydrogen-bond acceptors (Lipinski definition) is 2. The lowest BCUT2D eigenvalue weighted by Gasteiger charge is -2.03. The molecule has 82 valence electrons. The van der Waals surface area contributed by atoms with Crippen molar-refractivity contribution in [3.05, 3.63) is 58.3 Å². The Kier molecular flexibility index (Phi) is 4.10. The fraction of sp³-hybridized carbons (Fsp3) is 0.0833. The lowest BCUT2D eigenvalue weighted by molar-refractivity contribution is 1.25. The van der Waals surface area contributed by atoms with E-state index >= 15 is 0 Å². The monoisotopic (exact) mass is 269 g/mol. The van der Waals surface area contributed by atoms with Crippen LogP contribution in [0.4, 0.5) is 0 Å². The molecule has 0 fully saturated rings. The van der Waals surface area contributed by atoms with Gasteiger partial charge in [-0.25, -0.2) is 4.98 Å². The van der Waals surface area contributed by atoms with Crippen LogP contribution in [0.25, 0.3) is 0 Å². The van der Waals surface area contributed by atoms with Crippen molar-refractivity contribution in [1.29, 1.82) is 0 Å². The van der Waals surface area contributed by atoms with Gasteiger partial charge in [0.15, 0.2) is 0 Å². The van der Waals surface area contributed by atoms with E-state index in [0.717, 1.165) is 11.3 Å². The predicted molar refractivity (Wildman–Crippen MR) is 70.3 cm³/mol. The maximum absolute atomic E-state index is 5.99. The number of nitrogens with zero attached hydrogens (tertiary/aromatic N) is 1. The molecule has 1 nitrogen and oxygen atoms in total. The third kappa shape index (κ3) is 3.14. The summed E-state index contributed by atoms with van der Waals surface area (Å²) in [5, 5.41) is 0.911. The van der Waals surface area contributed by atoms with Gasteiger partial charge in [-0.1, -0.05) is 47.5 Å². The van der Waals surface area contributed by atoms with E-state index in [-0.39, 0.29) is 0 Å². The van der Waals surface area contributed by atoms with Crippen LogP contribution in [0.3, 0.4) is 0 Å². The SMILES string of the molecule is Clc1ccc(CSc2ccccc2)c(Cl)n1. The summed E-state index contributed by atoms with van der Waals surface area (Å²) in [4.78, 5) is 5.22. The summed E-state index contributed by atoms with van der Waals surface area (Å²) in [6, 6.07) is 13.8. The van der Waals surface area contributed by atoms with Crippen molar-refractivity contribution in [3.8, 4) is 0 Å². The number of benzene rings is 1. The van der Waals surface area contributed by atoms with Gasteiger partial charge in [0.25, 0.3) is 0 Å². The van der Waals surface area contributed by atoms with Crippen molar-refractivity contribution in [3.63, 3.8) is 0 Å². The summed E-state index contributed by atoms with van der Waals surface area (Å²) >= 11 is 13.4. The lowest BCUT2D eigenvalue weighted by atomic mass is 10.3. The Morgan fingerprint density at radius 1 is 1.00 bits per heavy atom. The molecule has 1 aromatic heterocycles. The molecule has 0 aliphatic rings. The quantitative estimate of drug-likeness (QED) is 0.593. The molecule has 0 bridgehead atoms. The molecule has 0 aliphatic heterocycles. The largest absolute Gasteiger partial charge is 0.224 e. The Bertz CT molecular complexity index is 474. The molecule has 0 aliphatic carbocycles. The van der Waals surface area contributed by atoms with Crippen LogP contribution in [-0.4, -0.2) is 4.98 Å². The number of thioether (sulfide) groups is 1. The van der Waals surface area contributed by atoms with Crippen LogP contribution in [0.15, 0.2) is 47.4 Å². The first-order valence-corrected chi connectivity index (χ1v) is 6.48. The first kappa shape index (κ1) is 11.8. The molecule has 0 atom stereocenters. The van der Waals surface area contributed by atoms with Crippen molar-refractivity contribution in [2.24, 2.45) is 0 Å². The summed E-state index contributed by atoms with van der Waals surface area (Å²) in [6.07, 6.45) is 0. The van der Waals surface area contributed by atoms with Crippen LogP contribution in [0.5, 0.6) is 0 Å². The van der Waals surface area contributed by atoms with E-state index in [9.17, 15) is 0 Å². The van der Waals surface area contributed by atoms with Gasteiger partial charge in [-0.2, -0.15) is 0 Å². The molecule has 0 saturated heterocycles. The molecule has 0 unspecified atom stereocenters. The molecule has 2 aromatic rings. The number of pyridine rings is 1. The molecule has 1 heterocycles. The summed E-state index contributed by atoms with van der Waals surface area (Å²) in [5.74, 6) is 0.799. The Hall–Kier alpha value is -0.700. The fourth-order valence-electron chi connectivity index (χ4n) is 1.23. The summed E-state index contributed by atoms with van der Waals surface area (Å²) in [5.41, 5.74) is 1.000. The van der Waals surface area contributed by atoms with E-state index in [4.69, 9.17) is 23.2 Å². The van der Waals surface area contributed by atoms with E-state index in [1.54, 1.807) is 17.8 Å². The zero-order valence-corrected chi connectivity index (χ0v) is 10.7. The Morgan fingerprint density at radius 2 is 1.75 bits per heavy atom. The second kappa shape index (κ2) is 5.58. The zero-order chi connectivity index (χ0) is 11.4. The minimum Gasteiger partial charge on any atom is -0.224 e. The van der Waals surface area contributed by atoms with Crippen LogP contribution >= 0.6 is 35.0 Å². The molecule has 0 amide bonds. The molecule has 4 heteroatoms. The van der Waals surface area contributed by atoms with Crippen LogP contribution < -0.4 is 0 Å². The van der Waals surface area contributed by atoms with Gasteiger partial charge in [-0.15, -0.1) is 11.8 Å². The van der Waals surface area contributed by atoms with Crippen LogP contribution in [0.2, 0.25) is 10.3 Å². The second-order valence-corrected chi connectivity index (χ2v) is 4.98. The average Bonchev–Trinajstić information content (AvgIpc) is 2.29. The van der Waals surface area contributed by atoms with Gasteiger partial charge in [0.05, 0.1) is 0 Å². The van der Waals surface area contributed by atoms with Crippen molar-refractivity contribution in [2.45, 2.75) is 10.6 Å². The smallest absolute Gasteiger partial charge is 0.134 e. The van der Waals surface area contributed by atoms with E-state index < -0.39 is 0 Å². The number of aromatic nitrogens is 1. The number of hydrogen-bond donors (Lipinski definition) is 0. The molecule has 0 saturated carbocycles. The molecule has 0 N–H and O–H groups in total. The number of rotatable bonds is 3. The Morgan fingerprint density at radius 3 is 2.44 bits per heavy atom. The van der Waals surface area contributed by atoms with Gasteiger partial charge in [0.2, 0.25) is 0 Å². The topological polar surface area (TPSA) is 12.9 Å². The lowest BCUT2D eigenvalue weighted by Crippen LogP contribution is -1.86. The molecule has 1 aromatic carbocycles. The van der Waals surface area contributed by atoms with E-state index in [1.165, 1.54) is 4.90 Å². The minimum atomic E-state index is 0.429. The summed E-state index contributed by atoms with van der Waals surface area (Å²) in [6.45, 7) is 0. The third-order valence-electron chi connectivity index (χ3n) is 2.03. The second-order valence-electron chi connectivity index (χ2n) is 3.19. The molecular formula is C12H9Cl2NS. The highest BCUT2D eigenvalue weighted by atomic mass is 35.5. The van der Waals surface area contributed by atoms with Crippen LogP contribution in [-0.2, 0) is 5.75 Å². The van der Waals surface area contributed by atoms with Gasteiger partial charge >= 0.3 is 0 Å². The van der Waals surface area contributed by atoms with Crippen molar-refractivity contribution in [1.82, 2.24) is 4.98 Å². The maximum Gasteiger partial charge on any atom is 0.134 e. The van der Waals surface area contributed by atoms with Gasteiger partial charge in [-0.3, -0.25) is 0 Å². The van der Waals surface area contributed by atoms with Gasteiger partial charge in [0, 0.05) is 10.6 Å². The van der Waals surface area contributed by atoms with Crippen LogP contribution in [0.1, 0.15) is 5.56 Å². The van der Waals surface area contributed by atoms with Crippen molar-refractivity contribution >= 4 is 35.0 Å². The van der Waals surface area contributed by atoms with Gasteiger partial charge in [0.1, 0.15) is 10.3 Å². The normalized spacial score (nSPS) is 10.4. The van der Waals surface area contributed by atoms with E-state index in [1.807, 2.05) is 24.3 Å². The molecule has 0 radical (unpaired) electrons. The molecule has 16 heavy (non-hydrogen) atoms. The first-order valence-electron chi connectivity index (χ1n) is 4.74. The summed E-state index contributed by atoms with van der Waals surface area (Å²) < 4.78 is 0. The molecule has 0 spiro atoms. The fourth-order valence-corrected chi connectivity index (χ4v) is 2.62. The highest BCUT2D eigenvalue weighted by Gasteiger charge is 2.03. The van der Waals surface area contributed by atoms with Crippen molar-refractivity contribution in [2.75, 3.05) is 0 Å². The van der Waals surface area contributed by atoms with Crippen molar-refractivity contribution < 1.29 is 0 Å². The Labute approximate surface area is 109 Å². The number of halogens is 2. The standard InChI is InChI=1S/C12H9Cl2NS/c13-11-7-6-9(12(14)15-11)8-16-10-4-2-1-3-5-10/h1-7H,8H2. The van der Waals surface area contributed by atoms with Crippen LogP contribution in [0, 0.1) is 0 Å². The maximum atomic E-state index is 5.99. The van der Waals surface area contributed by atoms with E-state index in [0.29, 0.717) is 10.3 Å². The highest BCUT2D eigenvalue weighted by Crippen LogP contribution is 2.26. The molecular weight excluding hydrogens is 261 g/mol. The zero-order valence-electron chi connectivity index (χ0n) is 8.36. The van der Waals surface area contributed by atoms with Gasteiger partial charge < -0.3 is 0 Å². The highest BCUT2D eigenvalue weighted by molar-refractivity contribution is 7.98. The third-order valence-corrected chi connectivity index (χ3v) is 3.63. The Balaban J connectivity index is 2.05.